The minimum absolute atomic E-state index is 0.0889. The molecule has 2 amide bonds. The molecule has 4 rings (SSSR count). The number of pyridine rings is 1. The predicted molar refractivity (Wildman–Crippen MR) is 125 cm³/mol. The molecule has 2 heterocycles. The number of hydrogen-bond donors (Lipinski definition) is 2. The molecule has 1 aromatic heterocycles. The second-order valence-corrected chi connectivity index (χ2v) is 8.33. The van der Waals surface area contributed by atoms with E-state index in [0.717, 1.165) is 42.3 Å². The van der Waals surface area contributed by atoms with Crippen LogP contribution in [0.3, 0.4) is 0 Å². The molecule has 7 heteroatoms. The third-order valence-corrected chi connectivity index (χ3v) is 6.62. The van der Waals surface area contributed by atoms with Crippen molar-refractivity contribution in [3.63, 3.8) is 0 Å². The van der Waals surface area contributed by atoms with Crippen LogP contribution in [0.5, 0.6) is 0 Å². The largest absolute Gasteiger partial charge is 0.356 e. The van der Waals surface area contributed by atoms with E-state index in [2.05, 4.69) is 40.1 Å². The molecule has 0 aliphatic carbocycles. The summed E-state index contributed by atoms with van der Waals surface area (Å²) in [5.74, 6) is 1.02. The standard InChI is InChI=1S/C22H24N4OS2/c1-29-20-9-5-4-8-19(20)24-22(27)26(28)17-11-14-25(15-12-17)21-18-7-3-2-6-16(18)10-13-23-21/h2-10,13,17,28H,11-12,14-15H2,1H3,(H,24,27). The summed E-state index contributed by atoms with van der Waals surface area (Å²) in [7, 11) is 0. The number of fused-ring (bicyclic) bond motifs is 1. The van der Waals surface area contributed by atoms with Crippen molar-refractivity contribution < 1.29 is 4.79 Å². The summed E-state index contributed by atoms with van der Waals surface area (Å²) in [6.07, 6.45) is 5.57. The fourth-order valence-corrected chi connectivity index (χ4v) is 4.60. The molecule has 0 radical (unpaired) electrons. The fourth-order valence-electron chi connectivity index (χ4n) is 3.76. The molecule has 1 fully saturated rings. The van der Waals surface area contributed by atoms with Gasteiger partial charge in [0, 0.05) is 35.6 Å². The topological polar surface area (TPSA) is 48.5 Å². The van der Waals surface area contributed by atoms with Crippen LogP contribution >= 0.6 is 24.6 Å². The number of urea groups is 1. The van der Waals surface area contributed by atoms with Crippen molar-refractivity contribution in [3.05, 3.63) is 60.8 Å². The minimum Gasteiger partial charge on any atom is -0.356 e. The number of thiol groups is 1. The number of thioether (sulfide) groups is 1. The maximum absolute atomic E-state index is 12.7. The summed E-state index contributed by atoms with van der Waals surface area (Å²) in [4.78, 5) is 20.7. The van der Waals surface area contributed by atoms with Crippen LogP contribution in [0.1, 0.15) is 12.8 Å². The van der Waals surface area contributed by atoms with Gasteiger partial charge in [-0.1, -0.05) is 49.2 Å². The Labute approximate surface area is 181 Å². The molecule has 1 aliphatic rings. The summed E-state index contributed by atoms with van der Waals surface area (Å²) in [6.45, 7) is 1.69. The highest BCUT2D eigenvalue weighted by atomic mass is 32.2. The molecule has 1 N–H and O–H groups in total. The number of nitrogens with one attached hydrogen (secondary N) is 1. The molecule has 3 aromatic rings. The summed E-state index contributed by atoms with van der Waals surface area (Å²) in [6, 6.07) is 18.1. The lowest BCUT2D eigenvalue weighted by atomic mass is 10.0. The molecule has 0 atom stereocenters. The Hall–Kier alpha value is -2.38. The van der Waals surface area contributed by atoms with E-state index in [0.29, 0.717) is 0 Å². The van der Waals surface area contributed by atoms with Gasteiger partial charge < -0.3 is 10.2 Å². The third-order valence-electron chi connectivity index (χ3n) is 5.32. The highest BCUT2D eigenvalue weighted by molar-refractivity contribution is 7.98. The lowest BCUT2D eigenvalue weighted by molar-refractivity contribution is 0.223. The van der Waals surface area contributed by atoms with Crippen molar-refractivity contribution in [3.8, 4) is 0 Å². The van der Waals surface area contributed by atoms with Crippen LogP contribution in [-0.4, -0.2) is 40.7 Å². The second-order valence-electron chi connectivity index (χ2n) is 7.05. The Balaban J connectivity index is 1.40. The lowest BCUT2D eigenvalue weighted by Gasteiger charge is -2.36. The van der Waals surface area contributed by atoms with E-state index in [1.807, 2.05) is 54.9 Å². The van der Waals surface area contributed by atoms with Crippen molar-refractivity contribution >= 4 is 52.9 Å². The van der Waals surface area contributed by atoms with E-state index < -0.39 is 0 Å². The zero-order valence-electron chi connectivity index (χ0n) is 16.3. The number of aromatic nitrogens is 1. The number of anilines is 2. The first-order valence-electron chi connectivity index (χ1n) is 9.68. The van der Waals surface area contributed by atoms with Gasteiger partial charge in [-0.3, -0.25) is 4.31 Å². The Kier molecular flexibility index (Phi) is 6.16. The highest BCUT2D eigenvalue weighted by Gasteiger charge is 2.27. The van der Waals surface area contributed by atoms with Gasteiger partial charge in [0.1, 0.15) is 5.82 Å². The summed E-state index contributed by atoms with van der Waals surface area (Å²) < 4.78 is 1.55. The Bertz CT molecular complexity index is 1000. The fraction of sp³-hybridized carbons (Fsp3) is 0.273. The lowest BCUT2D eigenvalue weighted by Crippen LogP contribution is -2.45. The molecule has 0 spiro atoms. The molecule has 0 saturated carbocycles. The molecule has 2 aromatic carbocycles. The van der Waals surface area contributed by atoms with Gasteiger partial charge in [-0.25, -0.2) is 9.78 Å². The minimum atomic E-state index is -0.184. The van der Waals surface area contributed by atoms with Crippen LogP contribution in [0.25, 0.3) is 10.8 Å². The number of nitrogens with zero attached hydrogens (tertiary/aromatic N) is 3. The maximum atomic E-state index is 12.7. The molecule has 1 saturated heterocycles. The molecular weight excluding hydrogens is 400 g/mol. The van der Waals surface area contributed by atoms with E-state index in [1.54, 1.807) is 16.1 Å². The van der Waals surface area contributed by atoms with E-state index in [-0.39, 0.29) is 12.1 Å². The molecule has 0 unspecified atom stereocenters. The molecule has 29 heavy (non-hydrogen) atoms. The van der Waals surface area contributed by atoms with Gasteiger partial charge in [-0.05, 0) is 42.7 Å². The smallest absolute Gasteiger partial charge is 0.331 e. The van der Waals surface area contributed by atoms with Gasteiger partial charge in [0.2, 0.25) is 0 Å². The molecular formula is C22H24N4OS2. The van der Waals surface area contributed by atoms with Crippen LogP contribution in [-0.2, 0) is 0 Å². The second kappa shape index (κ2) is 8.97. The van der Waals surface area contributed by atoms with Crippen LogP contribution in [0, 0.1) is 0 Å². The van der Waals surface area contributed by atoms with Crippen molar-refractivity contribution in [2.75, 3.05) is 29.6 Å². The Morgan fingerprint density at radius 1 is 1.14 bits per heavy atom. The molecule has 5 nitrogen and oxygen atoms in total. The van der Waals surface area contributed by atoms with Crippen molar-refractivity contribution in [1.82, 2.24) is 9.29 Å². The molecule has 0 bridgehead atoms. The van der Waals surface area contributed by atoms with Gasteiger partial charge >= 0.3 is 6.03 Å². The average Bonchev–Trinajstić information content (AvgIpc) is 2.78. The van der Waals surface area contributed by atoms with Gasteiger partial charge in [-0.15, -0.1) is 11.8 Å². The van der Waals surface area contributed by atoms with Crippen LogP contribution < -0.4 is 10.2 Å². The summed E-state index contributed by atoms with van der Waals surface area (Å²) in [5, 5.41) is 5.36. The number of para-hydroxylation sites is 1. The first kappa shape index (κ1) is 19.9. The van der Waals surface area contributed by atoms with Crippen LogP contribution in [0.15, 0.2) is 65.7 Å². The summed E-state index contributed by atoms with van der Waals surface area (Å²) >= 11 is 6.13. The predicted octanol–water partition coefficient (Wildman–Crippen LogP) is 5.30. The number of carbonyl (C=O) groups excluding carboxylic acids is 1. The van der Waals surface area contributed by atoms with Gasteiger partial charge in [0.15, 0.2) is 0 Å². The quantitative estimate of drug-likeness (QED) is 0.440. The molecule has 150 valence electrons. The SMILES string of the molecule is CSc1ccccc1NC(=O)N(S)C1CCN(c2nccc3ccccc23)CC1. The zero-order valence-corrected chi connectivity index (χ0v) is 18.0. The number of benzene rings is 2. The number of hydrogen-bond acceptors (Lipinski definition) is 5. The van der Waals surface area contributed by atoms with Gasteiger partial charge in [-0.2, -0.15) is 0 Å². The van der Waals surface area contributed by atoms with Gasteiger partial charge in [0.25, 0.3) is 0 Å². The third kappa shape index (κ3) is 4.31. The summed E-state index contributed by atoms with van der Waals surface area (Å²) in [5.41, 5.74) is 0.821. The van der Waals surface area contributed by atoms with Crippen LogP contribution in [0.4, 0.5) is 16.3 Å². The first-order chi connectivity index (χ1) is 14.2. The maximum Gasteiger partial charge on any atom is 0.331 e. The number of rotatable bonds is 4. The van der Waals surface area contributed by atoms with Crippen molar-refractivity contribution in [2.24, 2.45) is 0 Å². The van der Waals surface area contributed by atoms with Crippen LogP contribution in [0.2, 0.25) is 0 Å². The van der Waals surface area contributed by atoms with Crippen molar-refractivity contribution in [1.29, 1.82) is 0 Å². The average molecular weight is 425 g/mol. The van der Waals surface area contributed by atoms with E-state index in [4.69, 9.17) is 0 Å². The Morgan fingerprint density at radius 2 is 1.86 bits per heavy atom. The first-order valence-corrected chi connectivity index (χ1v) is 11.3. The van der Waals surface area contributed by atoms with E-state index >= 15 is 0 Å². The molecule has 1 aliphatic heterocycles. The highest BCUT2D eigenvalue weighted by Crippen LogP contribution is 2.29. The monoisotopic (exact) mass is 424 g/mol. The van der Waals surface area contributed by atoms with Crippen molar-refractivity contribution in [2.45, 2.75) is 23.8 Å². The van der Waals surface area contributed by atoms with E-state index in [1.165, 1.54) is 10.8 Å². The number of carbonyl (C=O) groups is 1. The van der Waals surface area contributed by atoms with E-state index in [9.17, 15) is 4.79 Å². The number of amides is 2. The normalized spacial score (nSPS) is 14.8. The van der Waals surface area contributed by atoms with Gasteiger partial charge in [0.05, 0.1) is 5.69 Å². The number of piperidine rings is 1. The Morgan fingerprint density at radius 3 is 2.66 bits per heavy atom. The zero-order chi connectivity index (χ0) is 20.2.